The Morgan fingerprint density at radius 2 is 1.93 bits per heavy atom. The third kappa shape index (κ3) is 3.13. The number of nitrogens with zero attached hydrogens (tertiary/aromatic N) is 4. The number of carbonyl (C=O) groups excluding carboxylic acids is 1. The van der Waals surface area contributed by atoms with Gasteiger partial charge < -0.3 is 10.1 Å². The van der Waals surface area contributed by atoms with Gasteiger partial charge in [-0.05, 0) is 25.1 Å². The van der Waals surface area contributed by atoms with Crippen molar-refractivity contribution in [2.45, 2.75) is 6.92 Å². The van der Waals surface area contributed by atoms with Crippen LogP contribution in [0.15, 0.2) is 48.5 Å². The van der Waals surface area contributed by atoms with Gasteiger partial charge in [0, 0.05) is 24.8 Å². The van der Waals surface area contributed by atoms with Crippen molar-refractivity contribution < 1.29 is 9.53 Å². The predicted octanol–water partition coefficient (Wildman–Crippen LogP) is 2.88. The fourth-order valence-corrected chi connectivity index (χ4v) is 3.06. The van der Waals surface area contributed by atoms with Crippen LogP contribution in [0, 0.1) is 6.92 Å². The van der Waals surface area contributed by atoms with Crippen LogP contribution in [0.4, 0.5) is 5.82 Å². The summed E-state index contributed by atoms with van der Waals surface area (Å²) in [4.78, 5) is 17.5. The van der Waals surface area contributed by atoms with E-state index in [1.807, 2.05) is 53.8 Å². The highest BCUT2D eigenvalue weighted by Crippen LogP contribution is 2.23. The molecule has 0 unspecified atom stereocenters. The van der Waals surface area contributed by atoms with E-state index in [9.17, 15) is 4.79 Å². The van der Waals surface area contributed by atoms with Gasteiger partial charge in [0.25, 0.3) is 0 Å². The van der Waals surface area contributed by atoms with E-state index < -0.39 is 0 Å². The van der Waals surface area contributed by atoms with Crippen molar-refractivity contribution in [2.24, 2.45) is 0 Å². The fourth-order valence-electron chi connectivity index (χ4n) is 3.06. The molecule has 0 amide bonds. The highest BCUT2D eigenvalue weighted by molar-refractivity contribution is 6.10. The summed E-state index contributed by atoms with van der Waals surface area (Å²) in [5, 5.41) is 11.7. The summed E-state index contributed by atoms with van der Waals surface area (Å²) >= 11 is 0. The van der Waals surface area contributed by atoms with Gasteiger partial charge >= 0.3 is 0 Å². The van der Waals surface area contributed by atoms with E-state index in [-0.39, 0.29) is 5.78 Å². The number of hydrogen-bond acceptors (Lipinski definition) is 6. The maximum absolute atomic E-state index is 12.8. The molecule has 7 heteroatoms. The van der Waals surface area contributed by atoms with Crippen LogP contribution < -0.4 is 5.32 Å². The Labute approximate surface area is 156 Å². The Bertz CT molecular complexity index is 1120. The topological polar surface area (TPSA) is 81.4 Å². The third-order valence-electron chi connectivity index (χ3n) is 4.38. The molecule has 1 N–H and O–H groups in total. The lowest BCUT2D eigenvalue weighted by molar-refractivity contribution is 0.103. The molecule has 0 aliphatic rings. The average Bonchev–Trinajstić information content (AvgIpc) is 3.10. The lowest BCUT2D eigenvalue weighted by Crippen LogP contribution is -2.11. The van der Waals surface area contributed by atoms with Crippen LogP contribution in [0.3, 0.4) is 0 Å². The maximum Gasteiger partial charge on any atom is 0.204 e. The average molecular weight is 361 g/mol. The lowest BCUT2D eigenvalue weighted by Gasteiger charge is -2.10. The smallest absolute Gasteiger partial charge is 0.204 e. The van der Waals surface area contributed by atoms with E-state index in [2.05, 4.69) is 20.5 Å². The number of nitrogens with one attached hydrogen (secondary N) is 1. The number of methoxy groups -OCH3 is 1. The van der Waals surface area contributed by atoms with Crippen molar-refractivity contribution in [3.8, 4) is 0 Å². The molecule has 0 atom stereocenters. The molecule has 4 rings (SSSR count). The summed E-state index contributed by atoms with van der Waals surface area (Å²) in [5.41, 5.74) is 3.44. The number of benzene rings is 2. The zero-order valence-electron chi connectivity index (χ0n) is 15.1. The van der Waals surface area contributed by atoms with Crippen molar-refractivity contribution >= 4 is 28.3 Å². The number of rotatable bonds is 6. The van der Waals surface area contributed by atoms with E-state index in [1.165, 1.54) is 0 Å². The van der Waals surface area contributed by atoms with Crippen LogP contribution >= 0.6 is 0 Å². The zero-order chi connectivity index (χ0) is 18.8. The van der Waals surface area contributed by atoms with E-state index >= 15 is 0 Å². The van der Waals surface area contributed by atoms with E-state index in [1.54, 1.807) is 13.2 Å². The minimum absolute atomic E-state index is 0.0290. The summed E-state index contributed by atoms with van der Waals surface area (Å²) < 4.78 is 7.00. The number of ketones is 1. The van der Waals surface area contributed by atoms with Gasteiger partial charge in [0.2, 0.25) is 5.65 Å². The minimum atomic E-state index is -0.0290. The van der Waals surface area contributed by atoms with Gasteiger partial charge in [-0.1, -0.05) is 30.3 Å². The summed E-state index contributed by atoms with van der Waals surface area (Å²) in [6.45, 7) is 3.05. The van der Waals surface area contributed by atoms with E-state index in [0.717, 1.165) is 16.9 Å². The van der Waals surface area contributed by atoms with Crippen LogP contribution in [0.25, 0.3) is 16.7 Å². The van der Waals surface area contributed by atoms with Crippen LogP contribution in [-0.4, -0.2) is 45.6 Å². The first-order valence-electron chi connectivity index (χ1n) is 8.67. The molecule has 0 radical (unpaired) electrons. The molecule has 4 aromatic rings. The SMILES string of the molecule is COCCNc1nc2ccc(C(=O)c3ccccc3)cc2n2c(C)nnc12. The first-order valence-corrected chi connectivity index (χ1v) is 8.67. The van der Waals surface area contributed by atoms with Gasteiger partial charge in [-0.2, -0.15) is 0 Å². The van der Waals surface area contributed by atoms with Gasteiger partial charge in [-0.25, -0.2) is 4.98 Å². The Morgan fingerprint density at radius 3 is 2.70 bits per heavy atom. The molecule has 0 aliphatic heterocycles. The quantitative estimate of drug-likeness (QED) is 0.420. The molecule has 27 heavy (non-hydrogen) atoms. The Kier molecular flexibility index (Phi) is 4.52. The van der Waals surface area contributed by atoms with E-state index in [4.69, 9.17) is 4.74 Å². The fraction of sp³-hybridized carbons (Fsp3) is 0.200. The standard InChI is InChI=1S/C20H19N5O2/c1-13-23-24-20-19(21-10-11-27-2)22-16-9-8-15(12-17(16)25(13)20)18(26)14-6-4-3-5-7-14/h3-9,12H,10-11H2,1-2H3,(H,21,22). The molecule has 0 bridgehead atoms. The van der Waals surface area contributed by atoms with Gasteiger partial charge in [-0.3, -0.25) is 9.20 Å². The maximum atomic E-state index is 12.8. The number of carbonyl (C=O) groups is 1. The van der Waals surface area contributed by atoms with Crippen LogP contribution in [0.5, 0.6) is 0 Å². The van der Waals surface area contributed by atoms with Gasteiger partial charge in [0.05, 0.1) is 17.6 Å². The van der Waals surface area contributed by atoms with Crippen molar-refractivity contribution in [2.75, 3.05) is 25.6 Å². The minimum Gasteiger partial charge on any atom is -0.383 e. The number of aromatic nitrogens is 4. The summed E-state index contributed by atoms with van der Waals surface area (Å²) in [5.74, 6) is 1.34. The van der Waals surface area contributed by atoms with Crippen molar-refractivity contribution in [3.63, 3.8) is 0 Å². The molecule has 2 aromatic carbocycles. The van der Waals surface area contributed by atoms with Crippen molar-refractivity contribution in [3.05, 3.63) is 65.5 Å². The second-order valence-corrected chi connectivity index (χ2v) is 6.18. The molecule has 0 spiro atoms. The van der Waals surface area contributed by atoms with Gasteiger partial charge in [-0.15, -0.1) is 10.2 Å². The van der Waals surface area contributed by atoms with Crippen LogP contribution in [0.1, 0.15) is 21.7 Å². The second kappa shape index (κ2) is 7.13. The number of ether oxygens (including phenoxy) is 1. The van der Waals surface area contributed by atoms with Crippen LogP contribution in [0.2, 0.25) is 0 Å². The second-order valence-electron chi connectivity index (χ2n) is 6.18. The predicted molar refractivity (Wildman–Crippen MR) is 103 cm³/mol. The number of hydrogen-bond donors (Lipinski definition) is 1. The molecule has 2 aromatic heterocycles. The normalized spacial score (nSPS) is 11.2. The molecular formula is C20H19N5O2. The van der Waals surface area contributed by atoms with E-state index in [0.29, 0.717) is 35.7 Å². The lowest BCUT2D eigenvalue weighted by atomic mass is 10.0. The molecule has 2 heterocycles. The summed E-state index contributed by atoms with van der Waals surface area (Å²) in [7, 11) is 1.65. The molecule has 0 saturated heterocycles. The van der Waals surface area contributed by atoms with Crippen molar-refractivity contribution in [1.29, 1.82) is 0 Å². The molecule has 136 valence electrons. The number of fused-ring (bicyclic) bond motifs is 3. The van der Waals surface area contributed by atoms with Crippen molar-refractivity contribution in [1.82, 2.24) is 19.6 Å². The summed E-state index contributed by atoms with van der Waals surface area (Å²) in [6, 6.07) is 14.7. The van der Waals surface area contributed by atoms with Gasteiger partial charge in [0.15, 0.2) is 11.6 Å². The highest BCUT2D eigenvalue weighted by atomic mass is 16.5. The monoisotopic (exact) mass is 361 g/mol. The molecule has 0 saturated carbocycles. The third-order valence-corrected chi connectivity index (χ3v) is 4.38. The largest absolute Gasteiger partial charge is 0.383 e. The first kappa shape index (κ1) is 17.1. The highest BCUT2D eigenvalue weighted by Gasteiger charge is 2.15. The van der Waals surface area contributed by atoms with Crippen LogP contribution in [-0.2, 0) is 4.74 Å². The molecular weight excluding hydrogens is 342 g/mol. The Hall–Kier alpha value is -3.32. The summed E-state index contributed by atoms with van der Waals surface area (Å²) in [6.07, 6.45) is 0. The Morgan fingerprint density at radius 1 is 1.11 bits per heavy atom. The molecule has 0 fully saturated rings. The first-order chi connectivity index (χ1) is 13.2. The Balaban J connectivity index is 1.84. The van der Waals surface area contributed by atoms with Gasteiger partial charge in [0.1, 0.15) is 5.82 Å². The zero-order valence-corrected chi connectivity index (χ0v) is 15.1. The molecule has 7 nitrogen and oxygen atoms in total. The number of aryl methyl sites for hydroxylation is 1. The number of anilines is 1. The molecule has 0 aliphatic carbocycles.